The Morgan fingerprint density at radius 1 is 1.26 bits per heavy atom. The van der Waals surface area contributed by atoms with Crippen LogP contribution >= 0.6 is 0 Å². The van der Waals surface area contributed by atoms with Crippen molar-refractivity contribution in [3.63, 3.8) is 0 Å². The zero-order valence-electron chi connectivity index (χ0n) is 14.9. The monoisotopic (exact) mass is 318 g/mol. The first-order valence-electron chi connectivity index (χ1n) is 8.58. The van der Waals surface area contributed by atoms with Gasteiger partial charge in [-0.2, -0.15) is 0 Å². The number of nitrogens with zero attached hydrogens (tertiary/aromatic N) is 3. The second-order valence-electron chi connectivity index (χ2n) is 7.07. The van der Waals surface area contributed by atoms with Crippen LogP contribution in [0.3, 0.4) is 0 Å². The summed E-state index contributed by atoms with van der Waals surface area (Å²) in [7, 11) is 0. The average molecular weight is 318 g/mol. The molecule has 1 aromatic rings. The minimum Gasteiger partial charge on any atom is -0.350 e. The van der Waals surface area contributed by atoms with E-state index in [2.05, 4.69) is 53.0 Å². The fourth-order valence-corrected chi connectivity index (χ4v) is 2.75. The molecule has 1 aromatic heterocycles. The molecule has 0 radical (unpaired) electrons. The SMILES string of the molecule is CCC(C)(C)NC(=O)[C@@H](C)N1CCN(Cc2ccncc2)CC1. The lowest BCUT2D eigenvalue weighted by atomic mass is 10.0. The van der Waals surface area contributed by atoms with Crippen LogP contribution in [0.25, 0.3) is 0 Å². The number of pyridine rings is 1. The van der Waals surface area contributed by atoms with Crippen molar-refractivity contribution in [1.29, 1.82) is 0 Å². The fraction of sp³-hybridized carbons (Fsp3) is 0.667. The molecule has 1 atom stereocenters. The van der Waals surface area contributed by atoms with Gasteiger partial charge in [0.05, 0.1) is 6.04 Å². The summed E-state index contributed by atoms with van der Waals surface area (Å²) in [6.45, 7) is 13.1. The van der Waals surface area contributed by atoms with Crippen LogP contribution in [0, 0.1) is 0 Å². The molecule has 0 spiro atoms. The van der Waals surface area contributed by atoms with Gasteiger partial charge in [-0.15, -0.1) is 0 Å². The third-order valence-corrected chi connectivity index (χ3v) is 4.84. The van der Waals surface area contributed by atoms with Gasteiger partial charge in [-0.3, -0.25) is 19.6 Å². The van der Waals surface area contributed by atoms with Gasteiger partial charge in [-0.25, -0.2) is 0 Å². The molecular formula is C18H30N4O. The molecule has 5 nitrogen and oxygen atoms in total. The molecule has 5 heteroatoms. The predicted molar refractivity (Wildman–Crippen MR) is 93.1 cm³/mol. The molecule has 0 aromatic carbocycles. The number of rotatable bonds is 6. The number of piperazine rings is 1. The van der Waals surface area contributed by atoms with Crippen molar-refractivity contribution in [3.8, 4) is 0 Å². The zero-order valence-corrected chi connectivity index (χ0v) is 14.9. The molecular weight excluding hydrogens is 288 g/mol. The molecule has 1 amide bonds. The number of aromatic nitrogens is 1. The number of hydrogen-bond acceptors (Lipinski definition) is 4. The Bertz CT molecular complexity index is 495. The van der Waals surface area contributed by atoms with Gasteiger partial charge in [0.25, 0.3) is 0 Å². The van der Waals surface area contributed by atoms with E-state index in [1.807, 2.05) is 19.3 Å². The van der Waals surface area contributed by atoms with Crippen molar-refractivity contribution < 1.29 is 4.79 Å². The highest BCUT2D eigenvalue weighted by Crippen LogP contribution is 2.12. The highest BCUT2D eigenvalue weighted by Gasteiger charge is 2.28. The van der Waals surface area contributed by atoms with Gasteiger partial charge in [-0.05, 0) is 44.9 Å². The highest BCUT2D eigenvalue weighted by atomic mass is 16.2. The van der Waals surface area contributed by atoms with Crippen molar-refractivity contribution in [2.24, 2.45) is 0 Å². The van der Waals surface area contributed by atoms with Gasteiger partial charge in [0.2, 0.25) is 5.91 Å². The van der Waals surface area contributed by atoms with Crippen molar-refractivity contribution in [2.75, 3.05) is 26.2 Å². The van der Waals surface area contributed by atoms with E-state index in [0.717, 1.165) is 39.1 Å². The predicted octanol–water partition coefficient (Wildman–Crippen LogP) is 1.89. The van der Waals surface area contributed by atoms with E-state index in [1.54, 1.807) is 0 Å². The first kappa shape index (κ1) is 17.9. The molecule has 1 aliphatic heterocycles. The van der Waals surface area contributed by atoms with Crippen molar-refractivity contribution >= 4 is 5.91 Å². The Labute approximate surface area is 140 Å². The maximum absolute atomic E-state index is 12.4. The quantitative estimate of drug-likeness (QED) is 0.870. The number of nitrogens with one attached hydrogen (secondary N) is 1. The van der Waals surface area contributed by atoms with Crippen molar-refractivity contribution in [3.05, 3.63) is 30.1 Å². The second kappa shape index (κ2) is 7.88. The molecule has 1 N–H and O–H groups in total. The molecule has 1 fully saturated rings. The third kappa shape index (κ3) is 5.29. The zero-order chi connectivity index (χ0) is 16.9. The molecule has 2 rings (SSSR count). The van der Waals surface area contributed by atoms with E-state index in [9.17, 15) is 4.79 Å². The van der Waals surface area contributed by atoms with Crippen molar-refractivity contribution in [2.45, 2.75) is 52.2 Å². The first-order valence-corrected chi connectivity index (χ1v) is 8.58. The number of carbonyl (C=O) groups excluding carboxylic acids is 1. The van der Waals surface area contributed by atoms with Crippen LogP contribution in [-0.4, -0.2) is 58.5 Å². The standard InChI is InChI=1S/C18H30N4O/c1-5-18(3,4)20-17(23)15(2)22-12-10-21(11-13-22)14-16-6-8-19-9-7-16/h6-9,15H,5,10-14H2,1-4H3,(H,20,23)/t15-/m1/s1. The molecule has 1 aliphatic rings. The smallest absolute Gasteiger partial charge is 0.237 e. The molecule has 23 heavy (non-hydrogen) atoms. The molecule has 1 saturated heterocycles. The lowest BCUT2D eigenvalue weighted by Gasteiger charge is -2.38. The fourth-order valence-electron chi connectivity index (χ4n) is 2.75. The van der Waals surface area contributed by atoms with Crippen LogP contribution in [0.2, 0.25) is 0 Å². The normalized spacial score (nSPS) is 18.6. The van der Waals surface area contributed by atoms with Crippen LogP contribution in [0.5, 0.6) is 0 Å². The van der Waals surface area contributed by atoms with E-state index in [4.69, 9.17) is 0 Å². The van der Waals surface area contributed by atoms with E-state index >= 15 is 0 Å². The van der Waals surface area contributed by atoms with Crippen LogP contribution < -0.4 is 5.32 Å². The van der Waals surface area contributed by atoms with E-state index < -0.39 is 0 Å². The summed E-state index contributed by atoms with van der Waals surface area (Å²) < 4.78 is 0. The Morgan fingerprint density at radius 2 is 1.87 bits per heavy atom. The Balaban J connectivity index is 1.80. The molecule has 0 unspecified atom stereocenters. The third-order valence-electron chi connectivity index (χ3n) is 4.84. The Hall–Kier alpha value is -1.46. The first-order chi connectivity index (χ1) is 10.9. The molecule has 0 bridgehead atoms. The van der Waals surface area contributed by atoms with Gasteiger partial charge in [0.1, 0.15) is 0 Å². The Morgan fingerprint density at radius 3 is 2.43 bits per heavy atom. The summed E-state index contributed by atoms with van der Waals surface area (Å²) in [6.07, 6.45) is 4.62. The lowest BCUT2D eigenvalue weighted by molar-refractivity contribution is -0.128. The molecule has 128 valence electrons. The summed E-state index contributed by atoms with van der Waals surface area (Å²) in [5.41, 5.74) is 1.16. The molecule has 0 aliphatic carbocycles. The van der Waals surface area contributed by atoms with Crippen molar-refractivity contribution in [1.82, 2.24) is 20.1 Å². The average Bonchev–Trinajstić information content (AvgIpc) is 2.55. The summed E-state index contributed by atoms with van der Waals surface area (Å²) in [5, 5.41) is 3.15. The van der Waals surface area contributed by atoms with E-state index in [-0.39, 0.29) is 17.5 Å². The van der Waals surface area contributed by atoms with Crippen LogP contribution in [-0.2, 0) is 11.3 Å². The van der Waals surface area contributed by atoms with Gasteiger partial charge >= 0.3 is 0 Å². The largest absolute Gasteiger partial charge is 0.350 e. The summed E-state index contributed by atoms with van der Waals surface area (Å²) in [6, 6.07) is 4.06. The number of amides is 1. The minimum absolute atomic E-state index is 0.0658. The summed E-state index contributed by atoms with van der Waals surface area (Å²) in [5.74, 6) is 0.138. The van der Waals surface area contributed by atoms with Gasteiger partial charge in [0, 0.05) is 50.7 Å². The Kier molecular flexibility index (Phi) is 6.13. The van der Waals surface area contributed by atoms with Crippen LogP contribution in [0.4, 0.5) is 0 Å². The highest BCUT2D eigenvalue weighted by molar-refractivity contribution is 5.82. The van der Waals surface area contributed by atoms with Crippen LogP contribution in [0.1, 0.15) is 39.7 Å². The van der Waals surface area contributed by atoms with Gasteiger partial charge in [0.15, 0.2) is 0 Å². The minimum atomic E-state index is -0.130. The van der Waals surface area contributed by atoms with E-state index in [1.165, 1.54) is 5.56 Å². The van der Waals surface area contributed by atoms with E-state index in [0.29, 0.717) is 0 Å². The van der Waals surface area contributed by atoms with Gasteiger partial charge < -0.3 is 5.32 Å². The lowest BCUT2D eigenvalue weighted by Crippen LogP contribution is -2.56. The number of carbonyl (C=O) groups is 1. The maximum atomic E-state index is 12.4. The maximum Gasteiger partial charge on any atom is 0.237 e. The molecule has 0 saturated carbocycles. The summed E-state index contributed by atoms with van der Waals surface area (Å²) in [4.78, 5) is 21.2. The number of hydrogen-bond donors (Lipinski definition) is 1. The van der Waals surface area contributed by atoms with Crippen LogP contribution in [0.15, 0.2) is 24.5 Å². The van der Waals surface area contributed by atoms with Gasteiger partial charge in [-0.1, -0.05) is 6.92 Å². The topological polar surface area (TPSA) is 48.5 Å². The second-order valence-corrected chi connectivity index (χ2v) is 7.07. The molecule has 2 heterocycles. The summed E-state index contributed by atoms with van der Waals surface area (Å²) >= 11 is 0.